The van der Waals surface area contributed by atoms with Gasteiger partial charge in [-0.1, -0.05) is 19.1 Å². The number of carboxylic acid groups (broad SMARTS) is 1. The van der Waals surface area contributed by atoms with Crippen LogP contribution in [-0.4, -0.2) is 41.6 Å². The van der Waals surface area contributed by atoms with Gasteiger partial charge in [-0.3, -0.25) is 14.4 Å². The Balaban J connectivity index is 1.32. The van der Waals surface area contributed by atoms with Crippen LogP contribution in [0.4, 0.5) is 0 Å². The zero-order chi connectivity index (χ0) is 20.0. The molecular weight excluding hydrogens is 386 g/mol. The van der Waals surface area contributed by atoms with Crippen LogP contribution in [0.1, 0.15) is 39.0 Å². The fraction of sp³-hybridized carbons (Fsp3) is 0.737. The largest absolute Gasteiger partial charge is 0.481 e. The third-order valence-corrected chi connectivity index (χ3v) is 9.55. The number of aliphatic carboxylic acids is 1. The molecule has 4 aliphatic carbocycles. The second-order valence-corrected chi connectivity index (χ2v) is 11.2. The van der Waals surface area contributed by atoms with Crippen LogP contribution in [-0.2, 0) is 28.8 Å². The Kier molecular flexibility index (Phi) is 3.70. The second kappa shape index (κ2) is 5.66. The van der Waals surface area contributed by atoms with Gasteiger partial charge >= 0.3 is 5.97 Å². The summed E-state index contributed by atoms with van der Waals surface area (Å²) in [5, 5.41) is 8.84. The molecule has 1 saturated heterocycles. The summed E-state index contributed by atoms with van der Waals surface area (Å²) in [6, 6.07) is 0. The van der Waals surface area contributed by atoms with E-state index in [1.165, 1.54) is 0 Å². The SMILES string of the molecule is CC1(CC(=O)O)CC2CC1CC2S(=O)(=O)ON1C(=O)C2C3C=CC(C3)C2C1=O. The average Bonchev–Trinajstić information content (AvgIpc) is 3.37. The molecule has 0 aromatic carbocycles. The number of rotatable bonds is 5. The van der Waals surface area contributed by atoms with Gasteiger partial charge in [0.1, 0.15) is 0 Å². The van der Waals surface area contributed by atoms with Gasteiger partial charge in [0.2, 0.25) is 0 Å². The van der Waals surface area contributed by atoms with Crippen molar-refractivity contribution in [3.8, 4) is 0 Å². The average molecular weight is 409 g/mol. The molecule has 5 rings (SSSR count). The molecule has 0 radical (unpaired) electrons. The molecule has 5 aliphatic rings. The van der Waals surface area contributed by atoms with Crippen LogP contribution >= 0.6 is 0 Å². The molecule has 8 unspecified atom stereocenters. The standard InChI is InChI=1S/C19H23NO7S/c1-19(8-14(21)22)7-11-5-12(19)6-13(11)28(25,26)27-20-17(23)15-9-2-3-10(4-9)16(15)18(20)24/h2-3,9-13,15-16H,4-8H2,1H3,(H,21,22). The van der Waals surface area contributed by atoms with Crippen molar-refractivity contribution in [2.24, 2.45) is 40.9 Å². The van der Waals surface area contributed by atoms with Crippen molar-refractivity contribution in [1.82, 2.24) is 5.06 Å². The first kappa shape index (κ1) is 18.3. The number of imide groups is 1. The van der Waals surface area contributed by atoms with Crippen LogP contribution in [0.5, 0.6) is 0 Å². The molecule has 8 nitrogen and oxygen atoms in total. The molecule has 4 fully saturated rings. The second-order valence-electron chi connectivity index (χ2n) is 9.43. The Morgan fingerprint density at radius 1 is 1.18 bits per heavy atom. The Morgan fingerprint density at radius 2 is 1.79 bits per heavy atom. The van der Waals surface area contributed by atoms with E-state index in [2.05, 4.69) is 0 Å². The van der Waals surface area contributed by atoms with E-state index in [-0.39, 0.29) is 30.1 Å². The van der Waals surface area contributed by atoms with E-state index in [0.29, 0.717) is 24.3 Å². The van der Waals surface area contributed by atoms with Gasteiger partial charge in [0, 0.05) is 0 Å². The van der Waals surface area contributed by atoms with Crippen LogP contribution in [0.2, 0.25) is 0 Å². The molecule has 3 saturated carbocycles. The minimum Gasteiger partial charge on any atom is -0.481 e. The highest BCUT2D eigenvalue weighted by Crippen LogP contribution is 2.59. The van der Waals surface area contributed by atoms with Gasteiger partial charge in [-0.05, 0) is 54.8 Å². The Hall–Kier alpha value is -1.74. The monoisotopic (exact) mass is 409 g/mol. The summed E-state index contributed by atoms with van der Waals surface area (Å²) in [6.45, 7) is 1.90. The smallest absolute Gasteiger partial charge is 0.303 e. The zero-order valence-electron chi connectivity index (χ0n) is 15.5. The summed E-state index contributed by atoms with van der Waals surface area (Å²) in [4.78, 5) is 36.5. The maximum absolute atomic E-state index is 12.9. The molecule has 1 heterocycles. The van der Waals surface area contributed by atoms with Crippen LogP contribution in [0.15, 0.2) is 12.2 Å². The molecule has 0 aromatic heterocycles. The number of hydrogen-bond donors (Lipinski definition) is 1. The lowest BCUT2D eigenvalue weighted by atomic mass is 9.72. The summed E-state index contributed by atoms with van der Waals surface area (Å²) >= 11 is 0. The first-order chi connectivity index (χ1) is 13.1. The van der Waals surface area contributed by atoms with Crippen molar-refractivity contribution < 1.29 is 32.2 Å². The van der Waals surface area contributed by atoms with Gasteiger partial charge in [0.05, 0.1) is 23.5 Å². The normalized spacial score (nSPS) is 46.0. The third kappa shape index (κ3) is 2.38. The summed E-state index contributed by atoms with van der Waals surface area (Å²) in [5.74, 6) is -3.22. The molecule has 1 N–H and O–H groups in total. The van der Waals surface area contributed by atoms with Gasteiger partial charge in [-0.15, -0.1) is 9.35 Å². The molecule has 4 bridgehead atoms. The van der Waals surface area contributed by atoms with Gasteiger partial charge in [-0.2, -0.15) is 8.42 Å². The summed E-state index contributed by atoms with van der Waals surface area (Å²) in [6.07, 6.45) is 6.11. The first-order valence-electron chi connectivity index (χ1n) is 9.82. The number of allylic oxidation sites excluding steroid dienone is 2. The highest BCUT2D eigenvalue weighted by molar-refractivity contribution is 7.87. The molecule has 0 aromatic rings. The lowest BCUT2D eigenvalue weighted by molar-refractivity contribution is -0.166. The van der Waals surface area contributed by atoms with Crippen LogP contribution in [0.25, 0.3) is 0 Å². The predicted molar refractivity (Wildman–Crippen MR) is 94.6 cm³/mol. The fourth-order valence-corrected chi connectivity index (χ4v) is 8.27. The highest BCUT2D eigenvalue weighted by Gasteiger charge is 2.62. The summed E-state index contributed by atoms with van der Waals surface area (Å²) in [5.41, 5.74) is -0.413. The van der Waals surface area contributed by atoms with Crippen LogP contribution < -0.4 is 0 Å². The molecule has 8 atom stereocenters. The van der Waals surface area contributed by atoms with Crippen LogP contribution in [0, 0.1) is 40.9 Å². The van der Waals surface area contributed by atoms with Crippen molar-refractivity contribution >= 4 is 27.9 Å². The number of hydrogen-bond acceptors (Lipinski definition) is 6. The van der Waals surface area contributed by atoms with Crippen LogP contribution in [0.3, 0.4) is 0 Å². The quantitative estimate of drug-likeness (QED) is 0.538. The fourth-order valence-electron chi connectivity index (χ4n) is 6.66. The summed E-state index contributed by atoms with van der Waals surface area (Å²) in [7, 11) is -4.15. The molecular formula is C19H23NO7S. The van der Waals surface area contributed by atoms with Gasteiger partial charge in [-0.25, -0.2) is 0 Å². The first-order valence-corrected chi connectivity index (χ1v) is 11.3. The van der Waals surface area contributed by atoms with Crippen molar-refractivity contribution in [2.75, 3.05) is 0 Å². The number of carbonyl (C=O) groups excluding carboxylic acids is 2. The van der Waals surface area contributed by atoms with Crippen molar-refractivity contribution in [2.45, 2.75) is 44.3 Å². The Bertz CT molecular complexity index is 881. The Labute approximate surface area is 163 Å². The molecule has 1 aliphatic heterocycles. The van der Waals surface area contributed by atoms with Crippen molar-refractivity contribution in [3.05, 3.63) is 12.2 Å². The van der Waals surface area contributed by atoms with E-state index >= 15 is 0 Å². The lowest BCUT2D eigenvalue weighted by Gasteiger charge is -2.35. The van der Waals surface area contributed by atoms with E-state index in [1.54, 1.807) is 0 Å². The number of carbonyl (C=O) groups is 3. The number of amides is 2. The van der Waals surface area contributed by atoms with E-state index in [9.17, 15) is 22.8 Å². The number of nitrogens with zero attached hydrogens (tertiary/aromatic N) is 1. The zero-order valence-corrected chi connectivity index (χ0v) is 16.3. The maximum Gasteiger partial charge on any atom is 0.303 e. The van der Waals surface area contributed by atoms with Gasteiger partial charge in [0.15, 0.2) is 0 Å². The lowest BCUT2D eigenvalue weighted by Crippen LogP contribution is -2.42. The number of carboxylic acids is 1. The number of fused-ring (bicyclic) bond motifs is 7. The molecule has 152 valence electrons. The molecule has 2 amide bonds. The van der Waals surface area contributed by atoms with Gasteiger partial charge in [0.25, 0.3) is 21.9 Å². The van der Waals surface area contributed by atoms with Gasteiger partial charge < -0.3 is 5.11 Å². The van der Waals surface area contributed by atoms with E-state index in [4.69, 9.17) is 9.39 Å². The molecule has 9 heteroatoms. The van der Waals surface area contributed by atoms with E-state index < -0.39 is 50.4 Å². The molecule has 0 spiro atoms. The van der Waals surface area contributed by atoms with Crippen molar-refractivity contribution in [1.29, 1.82) is 0 Å². The van der Waals surface area contributed by atoms with E-state index in [0.717, 1.165) is 6.42 Å². The third-order valence-electron chi connectivity index (χ3n) is 7.88. The predicted octanol–water partition coefficient (Wildman–Crippen LogP) is 1.33. The maximum atomic E-state index is 12.9. The topological polar surface area (TPSA) is 118 Å². The molecule has 28 heavy (non-hydrogen) atoms. The van der Waals surface area contributed by atoms with Crippen molar-refractivity contribution in [3.63, 3.8) is 0 Å². The highest BCUT2D eigenvalue weighted by atomic mass is 32.2. The summed E-state index contributed by atoms with van der Waals surface area (Å²) < 4.78 is 30.9. The van der Waals surface area contributed by atoms with E-state index in [1.807, 2.05) is 19.1 Å². The number of hydroxylamine groups is 2. The minimum absolute atomic E-state index is 0.0121. The minimum atomic E-state index is -4.15. The Morgan fingerprint density at radius 3 is 2.29 bits per heavy atom.